The van der Waals surface area contributed by atoms with Gasteiger partial charge in [0, 0.05) is 22.4 Å². The summed E-state index contributed by atoms with van der Waals surface area (Å²) in [5.74, 6) is -0.0327. The van der Waals surface area contributed by atoms with E-state index in [4.69, 9.17) is 11.6 Å². The van der Waals surface area contributed by atoms with Crippen LogP contribution in [0.4, 0.5) is 5.69 Å². The predicted molar refractivity (Wildman–Crippen MR) is 116 cm³/mol. The van der Waals surface area contributed by atoms with Crippen molar-refractivity contribution < 1.29 is 4.79 Å². The third-order valence-electron chi connectivity index (χ3n) is 4.69. The summed E-state index contributed by atoms with van der Waals surface area (Å²) in [6.45, 7) is 7.74. The molecule has 0 radical (unpaired) electrons. The molecule has 8 heteroatoms. The van der Waals surface area contributed by atoms with Gasteiger partial charge in [-0.3, -0.25) is 14.2 Å². The average molecular weight is 419 g/mol. The third kappa shape index (κ3) is 4.10. The summed E-state index contributed by atoms with van der Waals surface area (Å²) in [7, 11) is 0. The van der Waals surface area contributed by atoms with Crippen LogP contribution in [0, 0.1) is 13.8 Å². The summed E-state index contributed by atoms with van der Waals surface area (Å²) in [4.78, 5) is 33.1. The summed E-state index contributed by atoms with van der Waals surface area (Å²) in [6.07, 6.45) is 0.786. The van der Waals surface area contributed by atoms with Gasteiger partial charge in [0.1, 0.15) is 5.52 Å². The topological polar surface area (TPSA) is 79.8 Å². The smallest absolute Gasteiger partial charge is 0.278 e. The Morgan fingerprint density at radius 3 is 2.86 bits per heavy atom. The van der Waals surface area contributed by atoms with Crippen LogP contribution in [0.25, 0.3) is 11.0 Å². The molecule has 2 heterocycles. The minimum absolute atomic E-state index is 0.0197. The molecule has 0 saturated heterocycles. The van der Waals surface area contributed by atoms with Crippen molar-refractivity contribution >= 4 is 46.0 Å². The minimum Gasteiger partial charge on any atom is -0.353 e. The van der Waals surface area contributed by atoms with E-state index in [9.17, 15) is 9.59 Å². The Morgan fingerprint density at radius 1 is 1.39 bits per heavy atom. The lowest BCUT2D eigenvalue weighted by Crippen LogP contribution is -2.26. The zero-order valence-corrected chi connectivity index (χ0v) is 17.9. The number of H-pyrrole nitrogens is 1. The molecule has 0 aliphatic carbocycles. The SMILES string of the molecule is CC[C@H](C)n1c(SCC(=O)Nc2cccc(Cl)c2C)nc2cc(C)[nH]c2c1=O. The van der Waals surface area contributed by atoms with Gasteiger partial charge in [0.15, 0.2) is 5.16 Å². The monoisotopic (exact) mass is 418 g/mol. The molecule has 2 aromatic heterocycles. The van der Waals surface area contributed by atoms with Crippen molar-refractivity contribution in [3.05, 3.63) is 50.9 Å². The zero-order chi connectivity index (χ0) is 20.4. The number of carbonyl (C=O) groups excluding carboxylic acids is 1. The van der Waals surface area contributed by atoms with Crippen LogP contribution in [-0.2, 0) is 4.79 Å². The lowest BCUT2D eigenvalue weighted by atomic mass is 10.2. The molecule has 1 amide bonds. The Labute approximate surface area is 172 Å². The van der Waals surface area contributed by atoms with Crippen molar-refractivity contribution in [2.45, 2.75) is 45.3 Å². The molecule has 0 aliphatic rings. The Hall–Kier alpha value is -2.25. The Kier molecular flexibility index (Phi) is 6.15. The molecule has 6 nitrogen and oxygen atoms in total. The molecule has 0 saturated carbocycles. The van der Waals surface area contributed by atoms with E-state index in [1.165, 1.54) is 11.8 Å². The van der Waals surface area contributed by atoms with Crippen LogP contribution in [0.5, 0.6) is 0 Å². The van der Waals surface area contributed by atoms with Crippen LogP contribution in [0.2, 0.25) is 5.02 Å². The van der Waals surface area contributed by atoms with Gasteiger partial charge in [-0.25, -0.2) is 4.98 Å². The first-order valence-corrected chi connectivity index (χ1v) is 10.5. The number of aromatic nitrogens is 3. The number of fused-ring (bicyclic) bond motifs is 1. The number of benzene rings is 1. The number of anilines is 1. The number of carbonyl (C=O) groups is 1. The molecule has 3 aromatic rings. The maximum absolute atomic E-state index is 12.9. The number of halogens is 1. The Bertz CT molecular complexity index is 1090. The van der Waals surface area contributed by atoms with E-state index in [1.807, 2.05) is 39.8 Å². The second-order valence-corrected chi connectivity index (χ2v) is 8.14. The molecule has 0 spiro atoms. The third-order valence-corrected chi connectivity index (χ3v) is 6.05. The van der Waals surface area contributed by atoms with E-state index in [-0.39, 0.29) is 23.3 Å². The van der Waals surface area contributed by atoms with E-state index in [0.717, 1.165) is 17.7 Å². The van der Waals surface area contributed by atoms with Gasteiger partial charge in [0.25, 0.3) is 5.56 Å². The molecule has 1 aromatic carbocycles. The fourth-order valence-corrected chi connectivity index (χ4v) is 3.99. The molecule has 0 bridgehead atoms. The fourth-order valence-electron chi connectivity index (χ4n) is 2.92. The highest BCUT2D eigenvalue weighted by Crippen LogP contribution is 2.25. The molecule has 2 N–H and O–H groups in total. The van der Waals surface area contributed by atoms with Crippen LogP contribution in [0.15, 0.2) is 34.2 Å². The molecular formula is C20H23ClN4O2S. The summed E-state index contributed by atoms with van der Waals surface area (Å²) in [6, 6.07) is 7.21. The van der Waals surface area contributed by atoms with Gasteiger partial charge in [0.2, 0.25) is 5.91 Å². The standard InChI is InChI=1S/C20H23ClN4O2S/c1-5-12(3)25-19(27)18-16(9-11(2)22-18)24-20(25)28-10-17(26)23-15-8-6-7-14(21)13(15)4/h6-9,12,22H,5,10H2,1-4H3,(H,23,26)/t12-/m0/s1. The summed E-state index contributed by atoms with van der Waals surface area (Å²) < 4.78 is 1.67. The molecule has 0 fully saturated rings. The highest BCUT2D eigenvalue weighted by Gasteiger charge is 2.18. The molecule has 1 atom stereocenters. The normalized spacial score (nSPS) is 12.3. The molecule has 28 heavy (non-hydrogen) atoms. The molecule has 3 rings (SSSR count). The maximum atomic E-state index is 12.9. The van der Waals surface area contributed by atoms with Crippen LogP contribution in [0.1, 0.15) is 37.6 Å². The van der Waals surface area contributed by atoms with Crippen LogP contribution in [0.3, 0.4) is 0 Å². The number of thioether (sulfide) groups is 1. The molecule has 0 aliphatic heterocycles. The number of hydrogen-bond acceptors (Lipinski definition) is 4. The maximum Gasteiger partial charge on any atom is 0.278 e. The van der Waals surface area contributed by atoms with Crippen molar-refractivity contribution in [2.75, 3.05) is 11.1 Å². The summed E-state index contributed by atoms with van der Waals surface area (Å²) in [5, 5.41) is 4.02. The van der Waals surface area contributed by atoms with Crippen LogP contribution in [-0.4, -0.2) is 26.2 Å². The van der Waals surface area contributed by atoms with Gasteiger partial charge in [-0.1, -0.05) is 36.4 Å². The van der Waals surface area contributed by atoms with E-state index in [1.54, 1.807) is 16.7 Å². The highest BCUT2D eigenvalue weighted by molar-refractivity contribution is 7.99. The number of nitrogens with zero attached hydrogens (tertiary/aromatic N) is 2. The van der Waals surface area contributed by atoms with Crippen LogP contribution < -0.4 is 10.9 Å². The van der Waals surface area contributed by atoms with Gasteiger partial charge in [-0.15, -0.1) is 0 Å². The largest absolute Gasteiger partial charge is 0.353 e. The number of hydrogen-bond donors (Lipinski definition) is 2. The van der Waals surface area contributed by atoms with Gasteiger partial charge in [0.05, 0.1) is 11.3 Å². The second kappa shape index (κ2) is 8.41. The average Bonchev–Trinajstić information content (AvgIpc) is 3.04. The van der Waals surface area contributed by atoms with Gasteiger partial charge in [-0.2, -0.15) is 0 Å². The van der Waals surface area contributed by atoms with Gasteiger partial charge < -0.3 is 10.3 Å². The minimum atomic E-state index is -0.175. The zero-order valence-electron chi connectivity index (χ0n) is 16.3. The van der Waals surface area contributed by atoms with Gasteiger partial charge in [-0.05, 0) is 51.0 Å². The Balaban J connectivity index is 1.86. The van der Waals surface area contributed by atoms with E-state index in [2.05, 4.69) is 15.3 Å². The van der Waals surface area contributed by atoms with Crippen LogP contribution >= 0.6 is 23.4 Å². The molecule has 0 unspecified atom stereocenters. The number of nitrogens with one attached hydrogen (secondary N) is 2. The molecular weight excluding hydrogens is 396 g/mol. The predicted octanol–water partition coefficient (Wildman–Crippen LogP) is 4.70. The van der Waals surface area contributed by atoms with Crippen molar-refractivity contribution in [3.63, 3.8) is 0 Å². The van der Waals surface area contributed by atoms with E-state index in [0.29, 0.717) is 26.9 Å². The Morgan fingerprint density at radius 2 is 2.14 bits per heavy atom. The van der Waals surface area contributed by atoms with Crippen molar-refractivity contribution in [2.24, 2.45) is 0 Å². The number of amides is 1. The van der Waals surface area contributed by atoms with Gasteiger partial charge >= 0.3 is 0 Å². The number of rotatable bonds is 6. The lowest BCUT2D eigenvalue weighted by Gasteiger charge is -2.17. The van der Waals surface area contributed by atoms with Crippen molar-refractivity contribution in [3.8, 4) is 0 Å². The van der Waals surface area contributed by atoms with E-state index >= 15 is 0 Å². The fraction of sp³-hybridized carbons (Fsp3) is 0.350. The first kappa shape index (κ1) is 20.5. The van der Waals surface area contributed by atoms with E-state index < -0.39 is 0 Å². The number of aromatic amines is 1. The summed E-state index contributed by atoms with van der Waals surface area (Å²) >= 11 is 7.37. The second-order valence-electron chi connectivity index (χ2n) is 6.79. The lowest BCUT2D eigenvalue weighted by molar-refractivity contribution is -0.113. The number of aryl methyl sites for hydroxylation is 1. The first-order chi connectivity index (χ1) is 13.3. The van der Waals surface area contributed by atoms with Crippen molar-refractivity contribution in [1.29, 1.82) is 0 Å². The molecule has 148 valence electrons. The summed E-state index contributed by atoms with van der Waals surface area (Å²) in [5.41, 5.74) is 3.40. The quantitative estimate of drug-likeness (QED) is 0.449. The first-order valence-electron chi connectivity index (χ1n) is 9.11. The highest BCUT2D eigenvalue weighted by atomic mass is 35.5. The van der Waals surface area contributed by atoms with Crippen molar-refractivity contribution in [1.82, 2.24) is 14.5 Å².